The van der Waals surface area contributed by atoms with Gasteiger partial charge < -0.3 is 13.8 Å². The molecular formula is C19H20FN5O3. The first-order chi connectivity index (χ1) is 13.2. The van der Waals surface area contributed by atoms with Crippen LogP contribution in [0.15, 0.2) is 33.8 Å². The molecule has 4 aromatic rings. The Morgan fingerprint density at radius 3 is 2.68 bits per heavy atom. The third kappa shape index (κ3) is 2.62. The summed E-state index contributed by atoms with van der Waals surface area (Å²) in [6.45, 7) is 7.32. The molecule has 0 bridgehead atoms. The molecule has 0 aliphatic carbocycles. The molecule has 0 saturated carbocycles. The lowest BCUT2D eigenvalue weighted by Gasteiger charge is -2.16. The Bertz CT molecular complexity index is 1250. The van der Waals surface area contributed by atoms with Gasteiger partial charge in [-0.1, -0.05) is 5.16 Å². The van der Waals surface area contributed by atoms with E-state index in [-0.39, 0.29) is 23.3 Å². The quantitative estimate of drug-likeness (QED) is 0.536. The second-order valence-corrected chi connectivity index (χ2v) is 7.35. The van der Waals surface area contributed by atoms with E-state index in [1.165, 1.54) is 18.5 Å². The van der Waals surface area contributed by atoms with Crippen LogP contribution in [0.25, 0.3) is 28.1 Å². The SMILES string of the molecule is COC(C)(C)c1nc(-c2ncn3c2c(=O)n(C(C)C)c2cc(F)ccc23)no1. The first-order valence-corrected chi connectivity index (χ1v) is 8.85. The van der Waals surface area contributed by atoms with E-state index >= 15 is 0 Å². The number of halogens is 1. The molecule has 0 atom stereocenters. The van der Waals surface area contributed by atoms with Crippen LogP contribution in [0.5, 0.6) is 0 Å². The fourth-order valence-electron chi connectivity index (χ4n) is 3.18. The van der Waals surface area contributed by atoms with E-state index in [0.29, 0.717) is 22.2 Å². The number of hydrogen-bond donors (Lipinski definition) is 0. The molecule has 0 radical (unpaired) electrons. The average Bonchev–Trinajstić information content (AvgIpc) is 3.29. The van der Waals surface area contributed by atoms with Gasteiger partial charge in [-0.3, -0.25) is 9.20 Å². The summed E-state index contributed by atoms with van der Waals surface area (Å²) in [6.07, 6.45) is 1.51. The first kappa shape index (κ1) is 18.3. The molecule has 3 heterocycles. The molecule has 4 rings (SSSR count). The maximum Gasteiger partial charge on any atom is 0.278 e. The van der Waals surface area contributed by atoms with Crippen molar-refractivity contribution in [2.75, 3.05) is 7.11 Å². The Balaban J connectivity index is 2.05. The molecule has 0 amide bonds. The van der Waals surface area contributed by atoms with Crippen LogP contribution in [-0.4, -0.2) is 31.2 Å². The second kappa shape index (κ2) is 6.23. The van der Waals surface area contributed by atoms with Gasteiger partial charge in [0, 0.05) is 13.2 Å². The zero-order valence-electron chi connectivity index (χ0n) is 16.2. The fourth-order valence-corrected chi connectivity index (χ4v) is 3.18. The number of benzene rings is 1. The zero-order valence-corrected chi connectivity index (χ0v) is 16.2. The highest BCUT2D eigenvalue weighted by molar-refractivity contribution is 5.83. The van der Waals surface area contributed by atoms with Crippen molar-refractivity contribution in [1.82, 2.24) is 24.1 Å². The highest BCUT2D eigenvalue weighted by atomic mass is 19.1. The predicted molar refractivity (Wildman–Crippen MR) is 101 cm³/mol. The van der Waals surface area contributed by atoms with Crippen LogP contribution in [0, 0.1) is 5.82 Å². The van der Waals surface area contributed by atoms with Gasteiger partial charge in [-0.2, -0.15) is 4.98 Å². The Morgan fingerprint density at radius 1 is 1.25 bits per heavy atom. The van der Waals surface area contributed by atoms with Crippen LogP contribution in [0.3, 0.4) is 0 Å². The molecule has 146 valence electrons. The number of rotatable bonds is 4. The van der Waals surface area contributed by atoms with E-state index in [0.717, 1.165) is 0 Å². The maximum atomic E-state index is 13.8. The standard InChI is InChI=1S/C19H20FN5O3/c1-10(2)25-13-8-11(20)6-7-12(13)24-9-21-14(15(24)17(25)26)16-22-18(28-23-16)19(3,4)27-5/h6-10H,1-5H3. The molecule has 8 nitrogen and oxygen atoms in total. The Hall–Kier alpha value is -3.07. The number of ether oxygens (including phenoxy) is 1. The van der Waals surface area contributed by atoms with Crippen molar-refractivity contribution in [2.24, 2.45) is 0 Å². The van der Waals surface area contributed by atoms with Gasteiger partial charge in [-0.15, -0.1) is 0 Å². The summed E-state index contributed by atoms with van der Waals surface area (Å²) in [5, 5.41) is 3.98. The van der Waals surface area contributed by atoms with Gasteiger partial charge in [-0.05, 0) is 45.9 Å². The van der Waals surface area contributed by atoms with E-state index in [1.54, 1.807) is 36.0 Å². The van der Waals surface area contributed by atoms with Crippen molar-refractivity contribution < 1.29 is 13.7 Å². The van der Waals surface area contributed by atoms with Crippen LogP contribution in [-0.2, 0) is 10.3 Å². The zero-order chi connectivity index (χ0) is 20.2. The van der Waals surface area contributed by atoms with Crippen molar-refractivity contribution in [1.29, 1.82) is 0 Å². The van der Waals surface area contributed by atoms with Crippen LogP contribution >= 0.6 is 0 Å². The molecule has 0 fully saturated rings. The molecule has 1 aromatic carbocycles. The number of imidazole rings is 1. The minimum absolute atomic E-state index is 0.183. The normalized spacial score (nSPS) is 12.5. The minimum atomic E-state index is -0.775. The Kier molecular flexibility index (Phi) is 4.07. The van der Waals surface area contributed by atoms with Crippen molar-refractivity contribution >= 4 is 16.6 Å². The minimum Gasteiger partial charge on any atom is -0.369 e. The monoisotopic (exact) mass is 385 g/mol. The molecule has 0 saturated heterocycles. The Labute approximate surface area is 159 Å². The van der Waals surface area contributed by atoms with Crippen molar-refractivity contribution in [2.45, 2.75) is 39.3 Å². The molecule has 9 heteroatoms. The maximum absolute atomic E-state index is 13.8. The van der Waals surface area contributed by atoms with Gasteiger partial charge in [0.15, 0.2) is 0 Å². The van der Waals surface area contributed by atoms with E-state index in [2.05, 4.69) is 15.1 Å². The number of hydrogen-bond acceptors (Lipinski definition) is 6. The van der Waals surface area contributed by atoms with E-state index in [4.69, 9.17) is 9.26 Å². The van der Waals surface area contributed by atoms with Crippen molar-refractivity contribution in [3.8, 4) is 11.5 Å². The summed E-state index contributed by atoms with van der Waals surface area (Å²) < 4.78 is 27.7. The second-order valence-electron chi connectivity index (χ2n) is 7.35. The molecule has 0 aliphatic rings. The summed E-state index contributed by atoms with van der Waals surface area (Å²) in [4.78, 5) is 22.0. The van der Waals surface area contributed by atoms with Crippen LogP contribution in [0.4, 0.5) is 4.39 Å². The lowest BCUT2D eigenvalue weighted by atomic mass is 10.1. The molecule has 0 unspecified atom stereocenters. The summed E-state index contributed by atoms with van der Waals surface area (Å²) in [5.41, 5.74) is 0.666. The van der Waals surface area contributed by atoms with E-state index < -0.39 is 11.4 Å². The van der Waals surface area contributed by atoms with Crippen LogP contribution < -0.4 is 5.56 Å². The number of methoxy groups -OCH3 is 1. The number of fused-ring (bicyclic) bond motifs is 3. The summed E-state index contributed by atoms with van der Waals surface area (Å²) in [7, 11) is 1.54. The number of nitrogens with zero attached hydrogens (tertiary/aromatic N) is 5. The molecule has 0 N–H and O–H groups in total. The largest absolute Gasteiger partial charge is 0.369 e. The van der Waals surface area contributed by atoms with E-state index in [1.807, 2.05) is 13.8 Å². The third-order valence-corrected chi connectivity index (χ3v) is 4.83. The summed E-state index contributed by atoms with van der Waals surface area (Å²) in [6, 6.07) is 4.14. The topological polar surface area (TPSA) is 87.5 Å². The molecule has 28 heavy (non-hydrogen) atoms. The highest BCUT2D eigenvalue weighted by Crippen LogP contribution is 2.27. The third-order valence-electron chi connectivity index (χ3n) is 4.83. The van der Waals surface area contributed by atoms with Crippen molar-refractivity contribution in [3.05, 3.63) is 46.6 Å². The molecule has 0 aliphatic heterocycles. The molecule has 0 spiro atoms. The van der Waals surface area contributed by atoms with Crippen LogP contribution in [0.2, 0.25) is 0 Å². The lowest BCUT2D eigenvalue weighted by Crippen LogP contribution is -2.24. The van der Waals surface area contributed by atoms with Gasteiger partial charge in [-0.25, -0.2) is 9.37 Å². The van der Waals surface area contributed by atoms with Gasteiger partial charge in [0.2, 0.25) is 5.82 Å². The average molecular weight is 385 g/mol. The predicted octanol–water partition coefficient (Wildman–Crippen LogP) is 3.30. The highest BCUT2D eigenvalue weighted by Gasteiger charge is 2.29. The van der Waals surface area contributed by atoms with Crippen LogP contribution in [0.1, 0.15) is 39.6 Å². The molecule has 3 aromatic heterocycles. The van der Waals surface area contributed by atoms with Gasteiger partial charge in [0.1, 0.15) is 29.0 Å². The van der Waals surface area contributed by atoms with Gasteiger partial charge in [0.05, 0.1) is 11.0 Å². The van der Waals surface area contributed by atoms with Gasteiger partial charge in [0.25, 0.3) is 11.4 Å². The number of aromatic nitrogens is 5. The summed E-state index contributed by atoms with van der Waals surface area (Å²) in [5.74, 6) is 0.0558. The fraction of sp³-hybridized carbons (Fsp3) is 0.368. The Morgan fingerprint density at radius 2 is 2.00 bits per heavy atom. The summed E-state index contributed by atoms with van der Waals surface area (Å²) >= 11 is 0. The van der Waals surface area contributed by atoms with E-state index in [9.17, 15) is 9.18 Å². The van der Waals surface area contributed by atoms with Crippen molar-refractivity contribution in [3.63, 3.8) is 0 Å². The van der Waals surface area contributed by atoms with Gasteiger partial charge >= 0.3 is 0 Å². The lowest BCUT2D eigenvalue weighted by molar-refractivity contribution is -0.00786. The smallest absolute Gasteiger partial charge is 0.278 e. The molecular weight excluding hydrogens is 365 g/mol. The first-order valence-electron chi connectivity index (χ1n) is 8.85.